The number of carbonyl (C=O) groups is 2. The molecular formula is C21H24ClN5O4. The fourth-order valence-electron chi connectivity index (χ4n) is 3.36. The van der Waals surface area contributed by atoms with E-state index in [0.717, 1.165) is 5.56 Å². The van der Waals surface area contributed by atoms with Gasteiger partial charge in [-0.3, -0.25) is 14.9 Å². The summed E-state index contributed by atoms with van der Waals surface area (Å²) in [6, 6.07) is 11.5. The first-order valence-electron chi connectivity index (χ1n) is 9.98. The summed E-state index contributed by atoms with van der Waals surface area (Å²) >= 11 is 6.14. The van der Waals surface area contributed by atoms with E-state index >= 15 is 0 Å². The van der Waals surface area contributed by atoms with Crippen LogP contribution in [0.4, 0.5) is 16.2 Å². The minimum absolute atomic E-state index is 0.154. The van der Waals surface area contributed by atoms with Crippen LogP contribution in [-0.4, -0.2) is 59.4 Å². The summed E-state index contributed by atoms with van der Waals surface area (Å²) in [6.45, 7) is 4.27. The van der Waals surface area contributed by atoms with E-state index in [1.807, 2.05) is 25.1 Å². The van der Waals surface area contributed by atoms with Crippen LogP contribution >= 0.6 is 11.6 Å². The third-order valence-corrected chi connectivity index (χ3v) is 5.42. The molecule has 2 N–H and O–H groups in total. The lowest BCUT2D eigenvalue weighted by Crippen LogP contribution is -2.53. The van der Waals surface area contributed by atoms with Crippen molar-refractivity contribution in [2.24, 2.45) is 0 Å². The van der Waals surface area contributed by atoms with E-state index in [1.165, 1.54) is 12.1 Å². The minimum atomic E-state index is -0.515. The Kier molecular flexibility index (Phi) is 7.30. The van der Waals surface area contributed by atoms with E-state index in [9.17, 15) is 19.7 Å². The van der Waals surface area contributed by atoms with Crippen molar-refractivity contribution < 1.29 is 14.5 Å². The molecule has 0 aliphatic carbocycles. The van der Waals surface area contributed by atoms with Crippen molar-refractivity contribution in [3.63, 3.8) is 0 Å². The Balaban J connectivity index is 1.69. The largest absolute Gasteiger partial charge is 0.375 e. The number of halogens is 1. The summed E-state index contributed by atoms with van der Waals surface area (Å²) in [5.74, 6) is -0.295. The van der Waals surface area contributed by atoms with Crippen LogP contribution in [-0.2, 0) is 6.54 Å². The maximum atomic E-state index is 12.9. The van der Waals surface area contributed by atoms with Crippen LogP contribution < -0.4 is 10.6 Å². The first kappa shape index (κ1) is 22.4. The van der Waals surface area contributed by atoms with E-state index in [0.29, 0.717) is 50.0 Å². The highest BCUT2D eigenvalue weighted by molar-refractivity contribution is 6.31. The number of carbonyl (C=O) groups excluding carboxylic acids is 2. The van der Waals surface area contributed by atoms with Crippen LogP contribution in [0.1, 0.15) is 22.8 Å². The molecule has 0 saturated carbocycles. The monoisotopic (exact) mass is 445 g/mol. The molecule has 0 atom stereocenters. The molecule has 2 aromatic carbocycles. The molecule has 1 heterocycles. The van der Waals surface area contributed by atoms with Gasteiger partial charge in [0.25, 0.3) is 11.6 Å². The van der Waals surface area contributed by atoms with Crippen LogP contribution in [0.25, 0.3) is 0 Å². The number of nitro benzene ring substituents is 1. The Hall–Kier alpha value is -3.33. The number of benzene rings is 2. The van der Waals surface area contributed by atoms with Crippen molar-refractivity contribution >= 4 is 34.9 Å². The van der Waals surface area contributed by atoms with Crippen LogP contribution in [0.15, 0.2) is 42.5 Å². The first-order chi connectivity index (χ1) is 14.9. The number of piperazine rings is 1. The van der Waals surface area contributed by atoms with Crippen molar-refractivity contribution in [1.82, 2.24) is 15.1 Å². The van der Waals surface area contributed by atoms with Crippen molar-refractivity contribution in [3.8, 4) is 0 Å². The highest BCUT2D eigenvalue weighted by Gasteiger charge is 2.26. The number of nitro groups is 1. The van der Waals surface area contributed by atoms with Crippen LogP contribution in [0.3, 0.4) is 0 Å². The average molecular weight is 446 g/mol. The average Bonchev–Trinajstić information content (AvgIpc) is 2.78. The second-order valence-corrected chi connectivity index (χ2v) is 7.46. The van der Waals surface area contributed by atoms with E-state index < -0.39 is 4.92 Å². The predicted octanol–water partition coefficient (Wildman–Crippen LogP) is 3.35. The van der Waals surface area contributed by atoms with Gasteiger partial charge in [0.15, 0.2) is 0 Å². The Labute approximate surface area is 185 Å². The summed E-state index contributed by atoms with van der Waals surface area (Å²) < 4.78 is 0. The summed E-state index contributed by atoms with van der Waals surface area (Å²) in [7, 11) is 0. The molecule has 3 amide bonds. The molecule has 3 rings (SSSR count). The lowest BCUT2D eigenvalue weighted by atomic mass is 10.1. The van der Waals surface area contributed by atoms with Gasteiger partial charge in [-0.05, 0) is 30.7 Å². The number of urea groups is 1. The molecule has 31 heavy (non-hydrogen) atoms. The number of hydrogen-bond donors (Lipinski definition) is 2. The third kappa shape index (κ3) is 5.43. The number of hydrogen-bond acceptors (Lipinski definition) is 5. The SMILES string of the molecule is CCNC(=O)N1CCN(C(=O)c2ccc(NCc3ccccc3Cl)c([N+](=O)[O-])c2)CC1. The summed E-state index contributed by atoms with van der Waals surface area (Å²) in [5, 5.41) is 17.9. The minimum Gasteiger partial charge on any atom is -0.375 e. The van der Waals surface area contributed by atoms with E-state index in [4.69, 9.17) is 11.6 Å². The highest BCUT2D eigenvalue weighted by Crippen LogP contribution is 2.28. The molecule has 9 nitrogen and oxygen atoms in total. The molecule has 0 spiro atoms. The normalized spacial score (nSPS) is 13.6. The molecule has 2 aromatic rings. The second kappa shape index (κ2) is 10.1. The predicted molar refractivity (Wildman–Crippen MR) is 118 cm³/mol. The van der Waals surface area contributed by atoms with Crippen molar-refractivity contribution in [3.05, 3.63) is 68.7 Å². The molecule has 1 saturated heterocycles. The molecule has 164 valence electrons. The van der Waals surface area contributed by atoms with Gasteiger partial charge in [-0.1, -0.05) is 29.8 Å². The van der Waals surface area contributed by atoms with Gasteiger partial charge >= 0.3 is 6.03 Å². The fourth-order valence-corrected chi connectivity index (χ4v) is 3.56. The number of anilines is 1. The lowest BCUT2D eigenvalue weighted by molar-refractivity contribution is -0.384. The van der Waals surface area contributed by atoms with Gasteiger partial charge in [-0.25, -0.2) is 4.79 Å². The number of rotatable bonds is 6. The van der Waals surface area contributed by atoms with Gasteiger partial charge in [0.1, 0.15) is 5.69 Å². The standard InChI is InChI=1S/C21H24ClN5O4/c1-2-23-21(29)26-11-9-25(10-12-26)20(28)15-7-8-18(19(13-15)27(30)31)24-14-16-5-3-4-6-17(16)22/h3-8,13,24H,2,9-12,14H2,1H3,(H,23,29). The van der Waals surface area contributed by atoms with Gasteiger partial charge in [-0.2, -0.15) is 0 Å². The molecule has 1 aliphatic heterocycles. The van der Waals surface area contributed by atoms with Gasteiger partial charge in [0.05, 0.1) is 4.92 Å². The Bertz CT molecular complexity index is 976. The zero-order valence-corrected chi connectivity index (χ0v) is 17.9. The number of amides is 3. The molecule has 0 aromatic heterocycles. The van der Waals surface area contributed by atoms with Gasteiger partial charge in [0.2, 0.25) is 0 Å². The van der Waals surface area contributed by atoms with Gasteiger partial charge in [0, 0.05) is 55.9 Å². The van der Waals surface area contributed by atoms with E-state index in [2.05, 4.69) is 10.6 Å². The summed E-state index contributed by atoms with van der Waals surface area (Å²) in [6.07, 6.45) is 0. The topological polar surface area (TPSA) is 108 Å². The molecular weight excluding hydrogens is 422 g/mol. The zero-order chi connectivity index (χ0) is 22.4. The molecule has 0 bridgehead atoms. The Morgan fingerprint density at radius 1 is 1.10 bits per heavy atom. The number of nitrogens with one attached hydrogen (secondary N) is 2. The lowest BCUT2D eigenvalue weighted by Gasteiger charge is -2.34. The number of nitrogens with zero attached hydrogens (tertiary/aromatic N) is 3. The van der Waals surface area contributed by atoms with E-state index in [1.54, 1.807) is 21.9 Å². The van der Waals surface area contributed by atoms with Gasteiger partial charge in [-0.15, -0.1) is 0 Å². The zero-order valence-electron chi connectivity index (χ0n) is 17.1. The first-order valence-corrected chi connectivity index (χ1v) is 10.4. The Morgan fingerprint density at radius 2 is 1.77 bits per heavy atom. The van der Waals surface area contributed by atoms with E-state index in [-0.39, 0.29) is 23.2 Å². The quantitative estimate of drug-likeness (QED) is 0.523. The van der Waals surface area contributed by atoms with Crippen LogP contribution in [0.5, 0.6) is 0 Å². The van der Waals surface area contributed by atoms with Gasteiger partial charge < -0.3 is 20.4 Å². The summed E-state index contributed by atoms with van der Waals surface area (Å²) in [5.41, 5.74) is 1.17. The van der Waals surface area contributed by atoms with Crippen LogP contribution in [0, 0.1) is 10.1 Å². The Morgan fingerprint density at radius 3 is 2.42 bits per heavy atom. The molecule has 1 aliphatic rings. The fraction of sp³-hybridized carbons (Fsp3) is 0.333. The molecule has 1 fully saturated rings. The third-order valence-electron chi connectivity index (χ3n) is 5.05. The van der Waals surface area contributed by atoms with Crippen molar-refractivity contribution in [2.45, 2.75) is 13.5 Å². The van der Waals surface area contributed by atoms with Crippen molar-refractivity contribution in [1.29, 1.82) is 0 Å². The van der Waals surface area contributed by atoms with Crippen molar-refractivity contribution in [2.75, 3.05) is 38.0 Å². The maximum Gasteiger partial charge on any atom is 0.317 e. The maximum absolute atomic E-state index is 12.9. The van der Waals surface area contributed by atoms with Crippen LogP contribution in [0.2, 0.25) is 5.02 Å². The smallest absolute Gasteiger partial charge is 0.317 e. The molecule has 0 radical (unpaired) electrons. The molecule has 0 unspecified atom stereocenters. The molecule has 10 heteroatoms. The highest BCUT2D eigenvalue weighted by atomic mass is 35.5. The second-order valence-electron chi connectivity index (χ2n) is 7.05. The summed E-state index contributed by atoms with van der Waals surface area (Å²) in [4.78, 5) is 39.1.